The predicted molar refractivity (Wildman–Crippen MR) is 69.9 cm³/mol. The molecule has 1 aliphatic rings. The van der Waals surface area contributed by atoms with Crippen molar-refractivity contribution in [2.24, 2.45) is 5.73 Å². The van der Waals surface area contributed by atoms with E-state index in [4.69, 9.17) is 10.5 Å². The Balaban J connectivity index is 2.15. The van der Waals surface area contributed by atoms with Gasteiger partial charge in [0.1, 0.15) is 5.54 Å². The largest absolute Gasteiger partial charge is 0.379 e. The van der Waals surface area contributed by atoms with Gasteiger partial charge in [0.15, 0.2) is 0 Å². The van der Waals surface area contributed by atoms with Gasteiger partial charge in [0, 0.05) is 11.1 Å². The molecule has 1 fully saturated rings. The molecule has 5 heteroatoms. The first-order chi connectivity index (χ1) is 8.01. The lowest BCUT2D eigenvalue weighted by Crippen LogP contribution is -2.51. The van der Waals surface area contributed by atoms with E-state index >= 15 is 0 Å². The van der Waals surface area contributed by atoms with Crippen LogP contribution in [-0.2, 0) is 9.53 Å². The zero-order chi connectivity index (χ0) is 12.5. The standard InChI is InChI=1S/C12H15BrN2O2/c1-8-2-3-9(13)10(6-8)15-11(16)12(14)4-5-17-7-12/h2-3,6H,4-5,7,14H2,1H3,(H,15,16). The highest BCUT2D eigenvalue weighted by Gasteiger charge is 2.38. The summed E-state index contributed by atoms with van der Waals surface area (Å²) in [5, 5.41) is 2.84. The molecule has 0 saturated carbocycles. The van der Waals surface area contributed by atoms with Crippen molar-refractivity contribution >= 4 is 27.5 Å². The number of nitrogens with two attached hydrogens (primary N) is 1. The minimum atomic E-state index is -0.900. The van der Waals surface area contributed by atoms with Gasteiger partial charge in [0.05, 0.1) is 12.3 Å². The molecule has 0 aliphatic carbocycles. The van der Waals surface area contributed by atoms with Crippen LogP contribution in [-0.4, -0.2) is 24.7 Å². The number of anilines is 1. The van der Waals surface area contributed by atoms with Crippen molar-refractivity contribution < 1.29 is 9.53 Å². The minimum Gasteiger partial charge on any atom is -0.379 e. The number of carbonyl (C=O) groups is 1. The van der Waals surface area contributed by atoms with E-state index in [9.17, 15) is 4.79 Å². The molecule has 1 heterocycles. The quantitative estimate of drug-likeness (QED) is 0.875. The van der Waals surface area contributed by atoms with E-state index < -0.39 is 5.54 Å². The molecular formula is C12H15BrN2O2. The molecule has 1 amide bonds. The van der Waals surface area contributed by atoms with Crippen molar-refractivity contribution in [3.05, 3.63) is 28.2 Å². The summed E-state index contributed by atoms with van der Waals surface area (Å²) in [5.41, 5.74) is 6.91. The summed E-state index contributed by atoms with van der Waals surface area (Å²) in [5.74, 6) is -0.193. The van der Waals surface area contributed by atoms with Crippen molar-refractivity contribution in [2.45, 2.75) is 18.9 Å². The smallest absolute Gasteiger partial charge is 0.246 e. The number of hydrogen-bond acceptors (Lipinski definition) is 3. The summed E-state index contributed by atoms with van der Waals surface area (Å²) in [7, 11) is 0. The van der Waals surface area contributed by atoms with Crippen LogP contribution in [0.3, 0.4) is 0 Å². The van der Waals surface area contributed by atoms with Gasteiger partial charge >= 0.3 is 0 Å². The molecule has 0 bridgehead atoms. The van der Waals surface area contributed by atoms with Crippen LogP contribution in [0, 0.1) is 6.92 Å². The number of amides is 1. The topological polar surface area (TPSA) is 64.4 Å². The number of carbonyl (C=O) groups excluding carboxylic acids is 1. The third kappa shape index (κ3) is 2.68. The highest BCUT2D eigenvalue weighted by Crippen LogP contribution is 2.25. The first kappa shape index (κ1) is 12.5. The molecule has 1 aromatic rings. The Morgan fingerprint density at radius 2 is 2.35 bits per heavy atom. The lowest BCUT2D eigenvalue weighted by Gasteiger charge is -2.21. The molecule has 1 unspecified atom stereocenters. The summed E-state index contributed by atoms with van der Waals surface area (Å²) in [4.78, 5) is 12.1. The third-order valence-corrected chi connectivity index (χ3v) is 3.57. The SMILES string of the molecule is Cc1ccc(Br)c(NC(=O)C2(N)CCOC2)c1. The lowest BCUT2D eigenvalue weighted by atomic mass is 9.99. The average molecular weight is 299 g/mol. The Labute approximate surface area is 109 Å². The Morgan fingerprint density at radius 3 is 3.00 bits per heavy atom. The Kier molecular flexibility index (Phi) is 3.51. The molecule has 2 rings (SSSR count). The highest BCUT2D eigenvalue weighted by molar-refractivity contribution is 9.10. The molecule has 4 nitrogen and oxygen atoms in total. The molecule has 1 atom stereocenters. The summed E-state index contributed by atoms with van der Waals surface area (Å²) in [6.45, 7) is 2.79. The van der Waals surface area contributed by atoms with Gasteiger partial charge in [-0.15, -0.1) is 0 Å². The van der Waals surface area contributed by atoms with Crippen LogP contribution in [0.25, 0.3) is 0 Å². The van der Waals surface area contributed by atoms with E-state index in [1.54, 1.807) is 0 Å². The van der Waals surface area contributed by atoms with Gasteiger partial charge in [-0.2, -0.15) is 0 Å². The number of nitrogens with one attached hydrogen (secondary N) is 1. The van der Waals surface area contributed by atoms with Crippen LogP contribution in [0.15, 0.2) is 22.7 Å². The predicted octanol–water partition coefficient (Wildman–Crippen LogP) is 1.81. The maximum atomic E-state index is 12.1. The number of halogens is 1. The maximum absolute atomic E-state index is 12.1. The summed E-state index contributed by atoms with van der Waals surface area (Å²) >= 11 is 3.40. The van der Waals surface area contributed by atoms with E-state index in [1.165, 1.54) is 0 Å². The Hall–Kier alpha value is -0.910. The summed E-state index contributed by atoms with van der Waals surface area (Å²) in [6, 6.07) is 5.77. The van der Waals surface area contributed by atoms with Crippen molar-refractivity contribution in [2.75, 3.05) is 18.5 Å². The summed E-state index contributed by atoms with van der Waals surface area (Å²) < 4.78 is 6.02. The zero-order valence-electron chi connectivity index (χ0n) is 9.63. The molecule has 1 aromatic carbocycles. The third-order valence-electron chi connectivity index (χ3n) is 2.87. The van der Waals surface area contributed by atoms with Gasteiger partial charge in [-0.3, -0.25) is 4.79 Å². The van der Waals surface area contributed by atoms with Crippen LogP contribution < -0.4 is 11.1 Å². The van der Waals surface area contributed by atoms with Crippen molar-refractivity contribution in [3.8, 4) is 0 Å². The monoisotopic (exact) mass is 298 g/mol. The minimum absolute atomic E-state index is 0.193. The van der Waals surface area contributed by atoms with E-state index in [-0.39, 0.29) is 12.5 Å². The maximum Gasteiger partial charge on any atom is 0.246 e. The first-order valence-electron chi connectivity index (χ1n) is 5.45. The highest BCUT2D eigenvalue weighted by atomic mass is 79.9. The molecule has 92 valence electrons. The number of ether oxygens (including phenoxy) is 1. The van der Waals surface area contributed by atoms with E-state index in [0.717, 1.165) is 15.7 Å². The molecule has 17 heavy (non-hydrogen) atoms. The lowest BCUT2D eigenvalue weighted by molar-refractivity contribution is -0.121. The number of aryl methyl sites for hydroxylation is 1. The van der Waals surface area contributed by atoms with Crippen molar-refractivity contribution in [3.63, 3.8) is 0 Å². The molecule has 0 spiro atoms. The van der Waals surface area contributed by atoms with Gasteiger partial charge < -0.3 is 15.8 Å². The van der Waals surface area contributed by atoms with Gasteiger partial charge in [0.2, 0.25) is 5.91 Å². The number of hydrogen-bond donors (Lipinski definition) is 2. The van der Waals surface area contributed by atoms with Gasteiger partial charge in [-0.1, -0.05) is 6.07 Å². The molecule has 3 N–H and O–H groups in total. The van der Waals surface area contributed by atoms with E-state index in [2.05, 4.69) is 21.2 Å². The van der Waals surface area contributed by atoms with E-state index in [1.807, 2.05) is 25.1 Å². The molecule has 1 aliphatic heterocycles. The first-order valence-corrected chi connectivity index (χ1v) is 6.25. The van der Waals surface area contributed by atoms with Gasteiger partial charge in [-0.05, 0) is 47.0 Å². The Bertz CT molecular complexity index is 442. The second kappa shape index (κ2) is 4.76. The molecular weight excluding hydrogens is 284 g/mol. The number of rotatable bonds is 2. The van der Waals surface area contributed by atoms with Crippen LogP contribution in [0.1, 0.15) is 12.0 Å². The summed E-state index contributed by atoms with van der Waals surface area (Å²) in [6.07, 6.45) is 0.558. The normalized spacial score (nSPS) is 23.7. The van der Waals surface area contributed by atoms with Crippen LogP contribution in [0.2, 0.25) is 0 Å². The fraction of sp³-hybridized carbons (Fsp3) is 0.417. The Morgan fingerprint density at radius 1 is 1.59 bits per heavy atom. The van der Waals surface area contributed by atoms with Crippen LogP contribution >= 0.6 is 15.9 Å². The van der Waals surface area contributed by atoms with Gasteiger partial charge in [0.25, 0.3) is 0 Å². The van der Waals surface area contributed by atoms with Crippen molar-refractivity contribution in [1.82, 2.24) is 0 Å². The van der Waals surface area contributed by atoms with Crippen molar-refractivity contribution in [1.29, 1.82) is 0 Å². The zero-order valence-corrected chi connectivity index (χ0v) is 11.2. The van der Waals surface area contributed by atoms with Crippen LogP contribution in [0.5, 0.6) is 0 Å². The second-order valence-corrected chi connectivity index (χ2v) is 5.25. The van der Waals surface area contributed by atoms with Gasteiger partial charge in [-0.25, -0.2) is 0 Å². The number of benzene rings is 1. The van der Waals surface area contributed by atoms with E-state index in [0.29, 0.717) is 13.0 Å². The fourth-order valence-corrected chi connectivity index (χ4v) is 2.09. The molecule has 0 aromatic heterocycles. The molecule has 1 saturated heterocycles. The second-order valence-electron chi connectivity index (χ2n) is 4.40. The van der Waals surface area contributed by atoms with Crippen LogP contribution in [0.4, 0.5) is 5.69 Å². The fourth-order valence-electron chi connectivity index (χ4n) is 1.74. The molecule has 0 radical (unpaired) electrons. The average Bonchev–Trinajstić information content (AvgIpc) is 2.72.